The van der Waals surface area contributed by atoms with E-state index in [1.54, 1.807) is 6.07 Å². The van der Waals surface area contributed by atoms with Crippen LogP contribution in [-0.4, -0.2) is 26.6 Å². The number of hydrogen-bond acceptors (Lipinski definition) is 5. The monoisotopic (exact) mass is 389 g/mol. The molecule has 1 amide bonds. The molecule has 0 radical (unpaired) electrons. The van der Waals surface area contributed by atoms with Gasteiger partial charge in [0.1, 0.15) is 12.1 Å². The second-order valence-corrected chi connectivity index (χ2v) is 8.13. The van der Waals surface area contributed by atoms with Crippen molar-refractivity contribution in [2.24, 2.45) is 5.41 Å². The van der Waals surface area contributed by atoms with Gasteiger partial charge in [-0.25, -0.2) is 9.97 Å². The number of nitrogens with one attached hydrogen (secondary N) is 3. The molecule has 3 N–H and O–H groups in total. The molecule has 0 unspecified atom stereocenters. The topological polar surface area (TPSA) is 99.8 Å². The van der Waals surface area contributed by atoms with Crippen LogP contribution < -0.4 is 10.6 Å². The van der Waals surface area contributed by atoms with Gasteiger partial charge in [-0.3, -0.25) is 9.59 Å². The minimum atomic E-state index is -0.208. The molecule has 2 aromatic heterocycles. The Balaban J connectivity index is 1.85. The lowest BCUT2D eigenvalue weighted by molar-refractivity contribution is -0.114. The highest BCUT2D eigenvalue weighted by Crippen LogP contribution is 2.42. The number of fused-ring (bicyclic) bond motifs is 1. The molecule has 1 aliphatic carbocycles. The Bertz CT molecular complexity index is 1090. The number of amides is 1. The van der Waals surface area contributed by atoms with Gasteiger partial charge >= 0.3 is 0 Å². The molecule has 29 heavy (non-hydrogen) atoms. The predicted octanol–water partition coefficient (Wildman–Crippen LogP) is 4.33. The highest BCUT2D eigenvalue weighted by molar-refractivity contribution is 6.07. The van der Waals surface area contributed by atoms with Crippen LogP contribution >= 0.6 is 0 Å². The molecule has 0 saturated carbocycles. The molecule has 3 aromatic rings. The molecule has 0 aliphatic heterocycles. The van der Waals surface area contributed by atoms with Crippen molar-refractivity contribution in [3.63, 3.8) is 0 Å². The van der Waals surface area contributed by atoms with Crippen molar-refractivity contribution in [3.8, 4) is 11.4 Å². The van der Waals surface area contributed by atoms with E-state index in [1.807, 2.05) is 30.3 Å². The van der Waals surface area contributed by atoms with Crippen LogP contribution in [0.3, 0.4) is 0 Å². The first-order valence-electron chi connectivity index (χ1n) is 9.52. The maximum Gasteiger partial charge on any atom is 0.222 e. The molecule has 148 valence electrons. The molecule has 2 heterocycles. The van der Waals surface area contributed by atoms with E-state index in [1.165, 1.54) is 13.3 Å². The van der Waals surface area contributed by atoms with Crippen molar-refractivity contribution < 1.29 is 9.59 Å². The lowest BCUT2D eigenvalue weighted by Crippen LogP contribution is -2.26. The van der Waals surface area contributed by atoms with Crippen molar-refractivity contribution in [2.75, 3.05) is 10.6 Å². The van der Waals surface area contributed by atoms with Gasteiger partial charge in [-0.05, 0) is 24.0 Å². The van der Waals surface area contributed by atoms with Crippen molar-refractivity contribution in [1.29, 1.82) is 0 Å². The number of Topliss-reactive ketones (excluding diaryl/α,β-unsaturated/α-hetero) is 1. The lowest BCUT2D eigenvalue weighted by Gasteiger charge is -2.28. The molecule has 0 atom stereocenters. The van der Waals surface area contributed by atoms with E-state index in [2.05, 4.69) is 39.4 Å². The Morgan fingerprint density at radius 2 is 1.90 bits per heavy atom. The van der Waals surface area contributed by atoms with E-state index < -0.39 is 0 Å². The second kappa shape index (κ2) is 7.16. The van der Waals surface area contributed by atoms with Gasteiger partial charge < -0.3 is 15.6 Å². The fourth-order valence-corrected chi connectivity index (χ4v) is 3.78. The fraction of sp³-hybridized carbons (Fsp3) is 0.273. The highest BCUT2D eigenvalue weighted by Gasteiger charge is 2.36. The van der Waals surface area contributed by atoms with Crippen LogP contribution in [0.2, 0.25) is 0 Å². The first kappa shape index (κ1) is 18.9. The van der Waals surface area contributed by atoms with Gasteiger partial charge in [0.05, 0.1) is 22.6 Å². The van der Waals surface area contributed by atoms with Gasteiger partial charge in [-0.2, -0.15) is 0 Å². The normalized spacial score (nSPS) is 14.9. The molecular weight excluding hydrogens is 366 g/mol. The summed E-state index contributed by atoms with van der Waals surface area (Å²) in [6, 6.07) is 11.4. The number of anilines is 3. The third-order valence-electron chi connectivity index (χ3n) is 4.92. The summed E-state index contributed by atoms with van der Waals surface area (Å²) >= 11 is 0. The van der Waals surface area contributed by atoms with Crippen LogP contribution in [0.1, 0.15) is 43.2 Å². The van der Waals surface area contributed by atoms with Gasteiger partial charge in [-0.15, -0.1) is 0 Å². The number of nitrogens with zero attached hydrogens (tertiary/aromatic N) is 2. The summed E-state index contributed by atoms with van der Waals surface area (Å²) in [6.45, 7) is 5.62. The van der Waals surface area contributed by atoms with Gasteiger partial charge in [0.25, 0.3) is 0 Å². The quantitative estimate of drug-likeness (QED) is 0.617. The van der Waals surface area contributed by atoms with E-state index >= 15 is 0 Å². The number of H-pyrrole nitrogens is 1. The molecule has 7 nitrogen and oxygen atoms in total. The van der Waals surface area contributed by atoms with Crippen LogP contribution in [0.4, 0.5) is 17.2 Å². The summed E-state index contributed by atoms with van der Waals surface area (Å²) in [5.41, 5.74) is 4.37. The summed E-state index contributed by atoms with van der Waals surface area (Å²) in [6.07, 6.45) is 2.65. The van der Waals surface area contributed by atoms with Crippen molar-refractivity contribution in [2.45, 2.75) is 33.6 Å². The van der Waals surface area contributed by atoms with Gasteiger partial charge in [-0.1, -0.05) is 32.0 Å². The standard InChI is InChI=1S/C22H23N5O2/c1-13(28)25-18-9-15(23-12-24-18)20-21(26-14-7-5-4-6-8-14)19-16(27-20)10-22(2,3)11-17(19)29/h4-9,12,26-27H,10-11H2,1-3H3,(H,23,24,25,28). The number of ketones is 1. The van der Waals surface area contributed by atoms with Gasteiger partial charge in [0.2, 0.25) is 5.91 Å². The fourth-order valence-electron chi connectivity index (χ4n) is 3.78. The summed E-state index contributed by atoms with van der Waals surface area (Å²) in [5, 5.41) is 6.07. The number of aromatic amines is 1. The smallest absolute Gasteiger partial charge is 0.222 e. The van der Waals surface area contributed by atoms with Gasteiger partial charge in [0.15, 0.2) is 5.78 Å². The zero-order valence-corrected chi connectivity index (χ0v) is 16.7. The van der Waals surface area contributed by atoms with E-state index in [-0.39, 0.29) is 17.1 Å². The minimum Gasteiger partial charge on any atom is -0.355 e. The summed E-state index contributed by atoms with van der Waals surface area (Å²) < 4.78 is 0. The van der Waals surface area contributed by atoms with Crippen molar-refractivity contribution in [3.05, 3.63) is 54.0 Å². The molecular formula is C22H23N5O2. The van der Waals surface area contributed by atoms with Crippen molar-refractivity contribution >= 4 is 28.9 Å². The lowest BCUT2D eigenvalue weighted by atomic mass is 9.76. The van der Waals surface area contributed by atoms with Crippen LogP contribution in [0.25, 0.3) is 11.4 Å². The molecule has 0 spiro atoms. The molecule has 0 fully saturated rings. The maximum absolute atomic E-state index is 13.0. The van der Waals surface area contributed by atoms with Crippen LogP contribution in [-0.2, 0) is 11.2 Å². The number of para-hydroxylation sites is 1. The summed E-state index contributed by atoms with van der Waals surface area (Å²) in [7, 11) is 0. The van der Waals surface area contributed by atoms with E-state index in [9.17, 15) is 9.59 Å². The second-order valence-electron chi connectivity index (χ2n) is 8.13. The Hall–Kier alpha value is -3.48. The number of carbonyl (C=O) groups is 2. The molecule has 7 heteroatoms. The van der Waals surface area contributed by atoms with Gasteiger partial charge in [0, 0.05) is 30.8 Å². The Morgan fingerprint density at radius 3 is 2.62 bits per heavy atom. The SMILES string of the molecule is CC(=O)Nc1cc(-c2[nH]c3c(c2Nc2ccccc2)C(=O)CC(C)(C)C3)ncn1. The third kappa shape index (κ3) is 3.89. The number of benzene rings is 1. The highest BCUT2D eigenvalue weighted by atomic mass is 16.1. The van der Waals surface area contributed by atoms with Crippen LogP contribution in [0.15, 0.2) is 42.7 Å². The zero-order chi connectivity index (χ0) is 20.6. The third-order valence-corrected chi connectivity index (χ3v) is 4.92. The zero-order valence-electron chi connectivity index (χ0n) is 16.7. The van der Waals surface area contributed by atoms with E-state index in [4.69, 9.17) is 0 Å². The molecule has 1 aromatic carbocycles. The Morgan fingerprint density at radius 1 is 1.14 bits per heavy atom. The van der Waals surface area contributed by atoms with Crippen LogP contribution in [0.5, 0.6) is 0 Å². The first-order valence-corrected chi connectivity index (χ1v) is 9.52. The minimum absolute atomic E-state index is 0.105. The summed E-state index contributed by atoms with van der Waals surface area (Å²) in [4.78, 5) is 36.3. The molecule has 0 saturated heterocycles. The van der Waals surface area contributed by atoms with E-state index in [0.29, 0.717) is 34.9 Å². The molecule has 1 aliphatic rings. The summed E-state index contributed by atoms with van der Waals surface area (Å²) in [5.74, 6) is 0.306. The Kier molecular flexibility index (Phi) is 4.66. The molecule has 0 bridgehead atoms. The number of hydrogen-bond donors (Lipinski definition) is 3. The van der Waals surface area contributed by atoms with Crippen LogP contribution in [0, 0.1) is 5.41 Å². The predicted molar refractivity (Wildman–Crippen MR) is 112 cm³/mol. The maximum atomic E-state index is 13.0. The number of carbonyl (C=O) groups excluding carboxylic acids is 2. The average Bonchev–Trinajstić information content (AvgIpc) is 2.99. The van der Waals surface area contributed by atoms with Crippen molar-refractivity contribution in [1.82, 2.24) is 15.0 Å². The first-order chi connectivity index (χ1) is 13.8. The van der Waals surface area contributed by atoms with E-state index in [0.717, 1.165) is 17.8 Å². The number of aromatic nitrogens is 3. The number of rotatable bonds is 4. The Labute approximate surface area is 169 Å². The average molecular weight is 389 g/mol. The largest absolute Gasteiger partial charge is 0.355 e. The molecule has 4 rings (SSSR count).